The molecule has 5 heteroatoms. The van der Waals surface area contributed by atoms with E-state index in [2.05, 4.69) is 120 Å². The second-order valence-electron chi connectivity index (χ2n) is 12.7. The van der Waals surface area contributed by atoms with Crippen LogP contribution in [0.4, 0.5) is 0 Å². The Morgan fingerprint density at radius 2 is 1.48 bits per heavy atom. The van der Waals surface area contributed by atoms with Crippen LogP contribution in [0.5, 0.6) is 0 Å². The topological polar surface area (TPSA) is 50.2 Å². The van der Waals surface area contributed by atoms with Crippen LogP contribution in [-0.2, 0) is 35.7 Å². The summed E-state index contributed by atoms with van der Waals surface area (Å²) in [6.45, 7) is 19.5. The summed E-state index contributed by atoms with van der Waals surface area (Å²) < 4.78 is 0. The van der Waals surface area contributed by atoms with Crippen LogP contribution < -0.4 is 5.19 Å². The minimum absolute atomic E-state index is 0. The van der Waals surface area contributed by atoms with Crippen molar-refractivity contribution in [2.24, 2.45) is 0 Å². The van der Waals surface area contributed by atoms with Crippen LogP contribution in [0.15, 0.2) is 78.7 Å². The first-order valence-electron chi connectivity index (χ1n) is 13.6. The van der Waals surface area contributed by atoms with Crippen molar-refractivity contribution in [1.29, 1.82) is 0 Å². The van der Waals surface area contributed by atoms with E-state index < -0.39 is 8.07 Å². The summed E-state index contributed by atoms with van der Waals surface area (Å²) >= 11 is 0. The standard InChI is InChI=1S/C30H32NSi.C5H8O2.Ir/c1-29(2)25-15-11-10-14-23(25)24-18-27(31-19-26(24)30(29,3)4)21-16-20-12-8-9-13-22(20)28(17-21)32(5,6)7;1-4(6)3-5(2)7;/h8-15,17-19H,1-7H3;3,6H,1-2H3;/q-1;;/b;4-3-;. The van der Waals surface area contributed by atoms with E-state index in [0.29, 0.717) is 0 Å². The number of benzene rings is 3. The molecular weight excluding hydrogens is 687 g/mol. The molecule has 0 bridgehead atoms. The van der Waals surface area contributed by atoms with Gasteiger partial charge in [-0.15, -0.1) is 28.8 Å². The van der Waals surface area contributed by atoms with Crippen molar-refractivity contribution in [2.75, 3.05) is 0 Å². The van der Waals surface area contributed by atoms with E-state index in [1.54, 1.807) is 0 Å². The first-order chi connectivity index (χ1) is 18.1. The van der Waals surface area contributed by atoms with Crippen molar-refractivity contribution in [2.45, 2.75) is 72.0 Å². The summed E-state index contributed by atoms with van der Waals surface area (Å²) in [5.41, 5.74) is 7.52. The average molecular weight is 727 g/mol. The minimum atomic E-state index is -1.54. The van der Waals surface area contributed by atoms with E-state index in [1.807, 2.05) is 0 Å². The molecule has 1 aliphatic carbocycles. The number of aromatic nitrogens is 1. The van der Waals surface area contributed by atoms with Crippen LogP contribution in [0, 0.1) is 6.07 Å². The fourth-order valence-electron chi connectivity index (χ4n) is 5.54. The summed E-state index contributed by atoms with van der Waals surface area (Å²) in [5, 5.41) is 12.4. The number of carbonyl (C=O) groups excluding carboxylic acids is 1. The number of aliphatic hydroxyl groups is 1. The molecule has 0 aliphatic heterocycles. The molecule has 5 rings (SSSR count). The van der Waals surface area contributed by atoms with E-state index in [-0.39, 0.29) is 42.5 Å². The minimum Gasteiger partial charge on any atom is -0.512 e. The van der Waals surface area contributed by atoms with Gasteiger partial charge < -0.3 is 5.11 Å². The fraction of sp³-hybridized carbons (Fsp3) is 0.314. The Labute approximate surface area is 254 Å². The molecule has 1 aromatic heterocycles. The SMILES string of the molecule is CC(=O)/C=C(/C)O.CC1(C)c2ccccc2-c2cc(-c3[c-]c4ccccc4c([Si](C)(C)C)c3)ncc2C1(C)C.[Ir]. The van der Waals surface area contributed by atoms with Crippen LogP contribution in [-0.4, -0.2) is 23.9 Å². The number of nitrogens with zero attached hydrogens (tertiary/aromatic N) is 1. The van der Waals surface area contributed by atoms with Gasteiger partial charge in [-0.1, -0.05) is 107 Å². The normalized spacial score (nSPS) is 15.2. The summed E-state index contributed by atoms with van der Waals surface area (Å²) in [5.74, 6) is -0.0625. The predicted molar refractivity (Wildman–Crippen MR) is 168 cm³/mol. The molecule has 3 aromatic carbocycles. The second kappa shape index (κ2) is 11.6. The molecule has 0 saturated heterocycles. The summed E-state index contributed by atoms with van der Waals surface area (Å²) in [7, 11) is -1.54. The van der Waals surface area contributed by atoms with Gasteiger partial charge in [-0.05, 0) is 41.5 Å². The molecular formula is C35H40IrNO2Si-. The number of fused-ring (bicyclic) bond motifs is 4. The summed E-state index contributed by atoms with van der Waals surface area (Å²) in [4.78, 5) is 15.0. The molecule has 0 saturated carbocycles. The molecule has 0 amide bonds. The molecule has 1 N–H and O–H groups in total. The molecule has 4 aromatic rings. The van der Waals surface area contributed by atoms with Gasteiger partial charge >= 0.3 is 0 Å². The monoisotopic (exact) mass is 727 g/mol. The van der Waals surface area contributed by atoms with Crippen LogP contribution in [0.1, 0.15) is 52.7 Å². The largest absolute Gasteiger partial charge is 0.512 e. The number of pyridine rings is 1. The fourth-order valence-corrected chi connectivity index (χ4v) is 7.15. The maximum atomic E-state index is 10.0. The van der Waals surface area contributed by atoms with Crippen molar-refractivity contribution >= 4 is 29.8 Å². The van der Waals surface area contributed by atoms with E-state index in [9.17, 15) is 4.79 Å². The number of rotatable bonds is 3. The Morgan fingerprint density at radius 3 is 2.08 bits per heavy atom. The number of allylic oxidation sites excluding steroid dienone is 2. The van der Waals surface area contributed by atoms with Crippen molar-refractivity contribution in [3.05, 3.63) is 95.9 Å². The summed E-state index contributed by atoms with van der Waals surface area (Å²) in [6.07, 6.45) is 3.29. The molecule has 1 aliphatic rings. The zero-order chi connectivity index (χ0) is 28.8. The Balaban J connectivity index is 0.000000492. The van der Waals surface area contributed by atoms with Crippen molar-refractivity contribution in [1.82, 2.24) is 4.98 Å². The molecule has 1 radical (unpaired) electrons. The molecule has 40 heavy (non-hydrogen) atoms. The van der Waals surface area contributed by atoms with Crippen molar-refractivity contribution < 1.29 is 30.0 Å². The van der Waals surface area contributed by atoms with Gasteiger partial charge in [0.25, 0.3) is 0 Å². The Kier molecular flexibility index (Phi) is 9.15. The quantitative estimate of drug-likeness (QED) is 0.0998. The molecule has 0 atom stereocenters. The Hall–Kier alpha value is -2.85. The zero-order valence-electron chi connectivity index (χ0n) is 25.1. The van der Waals surface area contributed by atoms with Gasteiger partial charge in [-0.2, -0.15) is 0 Å². The number of ketones is 1. The number of hydrogen-bond donors (Lipinski definition) is 1. The van der Waals surface area contributed by atoms with Gasteiger partial charge in [0.2, 0.25) is 0 Å². The first-order valence-corrected chi connectivity index (χ1v) is 17.1. The van der Waals surface area contributed by atoms with Crippen LogP contribution >= 0.6 is 0 Å². The second-order valence-corrected chi connectivity index (χ2v) is 17.7. The van der Waals surface area contributed by atoms with Gasteiger partial charge in [-0.25, -0.2) is 0 Å². The van der Waals surface area contributed by atoms with E-state index >= 15 is 0 Å². The zero-order valence-corrected chi connectivity index (χ0v) is 28.5. The number of carbonyl (C=O) groups is 1. The smallest absolute Gasteiger partial charge is 0.155 e. The van der Waals surface area contributed by atoms with E-state index in [1.165, 1.54) is 58.1 Å². The van der Waals surface area contributed by atoms with Gasteiger partial charge in [0, 0.05) is 43.5 Å². The number of aliphatic hydroxyl groups excluding tert-OH is 1. The third kappa shape index (κ3) is 5.93. The van der Waals surface area contributed by atoms with Gasteiger partial charge in [0.15, 0.2) is 5.78 Å². The third-order valence-corrected chi connectivity index (χ3v) is 10.3. The molecule has 0 spiro atoms. The third-order valence-electron chi connectivity index (χ3n) is 8.30. The van der Waals surface area contributed by atoms with Crippen LogP contribution in [0.2, 0.25) is 19.6 Å². The van der Waals surface area contributed by atoms with Gasteiger partial charge in [-0.3, -0.25) is 9.78 Å². The van der Waals surface area contributed by atoms with Crippen molar-refractivity contribution in [3.8, 4) is 22.4 Å². The summed E-state index contributed by atoms with van der Waals surface area (Å²) in [6, 6.07) is 25.9. The Morgan fingerprint density at radius 1 is 0.875 bits per heavy atom. The van der Waals surface area contributed by atoms with E-state index in [4.69, 9.17) is 10.1 Å². The van der Waals surface area contributed by atoms with Crippen LogP contribution in [0.3, 0.4) is 0 Å². The first kappa shape index (κ1) is 31.7. The molecule has 1 heterocycles. The number of hydrogen-bond acceptors (Lipinski definition) is 3. The Bertz CT molecular complexity index is 1590. The molecule has 3 nitrogen and oxygen atoms in total. The molecule has 0 fully saturated rings. The van der Waals surface area contributed by atoms with E-state index in [0.717, 1.165) is 11.3 Å². The maximum Gasteiger partial charge on any atom is 0.155 e. The average Bonchev–Trinajstić information content (AvgIpc) is 2.86. The molecule has 0 unspecified atom stereocenters. The van der Waals surface area contributed by atoms with Gasteiger partial charge in [0.1, 0.15) is 0 Å². The van der Waals surface area contributed by atoms with Gasteiger partial charge in [0.05, 0.1) is 13.8 Å². The van der Waals surface area contributed by atoms with Crippen LogP contribution in [0.25, 0.3) is 33.2 Å². The predicted octanol–water partition coefficient (Wildman–Crippen LogP) is 8.52. The van der Waals surface area contributed by atoms with Crippen molar-refractivity contribution in [3.63, 3.8) is 0 Å². The maximum absolute atomic E-state index is 10.0. The molecule has 211 valence electrons.